The standard InChI is InChI=1S/C12H14FNO3/c13-9-5-8(11(14)12(15)16)3-4-10(9)17-6-7-1-2-7/h3-5,7,11H,1-2,6,14H2,(H,15,16). The van der Waals surface area contributed by atoms with Crippen molar-refractivity contribution in [3.63, 3.8) is 0 Å². The summed E-state index contributed by atoms with van der Waals surface area (Å²) >= 11 is 0. The lowest BCUT2D eigenvalue weighted by molar-refractivity contribution is -0.138. The smallest absolute Gasteiger partial charge is 0.325 e. The summed E-state index contributed by atoms with van der Waals surface area (Å²) < 4.78 is 18.9. The molecule has 0 aliphatic heterocycles. The lowest BCUT2D eigenvalue weighted by Gasteiger charge is -2.10. The Labute approximate surface area is 98.2 Å². The first-order chi connectivity index (χ1) is 8.08. The van der Waals surface area contributed by atoms with Gasteiger partial charge >= 0.3 is 5.97 Å². The number of aliphatic carboxylic acids is 1. The molecule has 0 spiro atoms. The van der Waals surface area contributed by atoms with Crippen molar-refractivity contribution in [1.29, 1.82) is 0 Å². The van der Waals surface area contributed by atoms with Gasteiger partial charge in [0.1, 0.15) is 6.04 Å². The summed E-state index contributed by atoms with van der Waals surface area (Å²) in [6.45, 7) is 0.515. The first kappa shape index (κ1) is 11.9. The first-order valence-electron chi connectivity index (χ1n) is 5.48. The van der Waals surface area contributed by atoms with Gasteiger partial charge in [-0.05, 0) is 36.5 Å². The molecular weight excluding hydrogens is 225 g/mol. The van der Waals surface area contributed by atoms with Crippen molar-refractivity contribution in [2.75, 3.05) is 6.61 Å². The molecule has 0 aromatic heterocycles. The molecular formula is C12H14FNO3. The molecule has 3 N–H and O–H groups in total. The molecule has 0 amide bonds. The fraction of sp³-hybridized carbons (Fsp3) is 0.417. The predicted molar refractivity (Wildman–Crippen MR) is 59.2 cm³/mol. The Morgan fingerprint density at radius 1 is 1.59 bits per heavy atom. The van der Waals surface area contributed by atoms with Gasteiger partial charge in [-0.3, -0.25) is 4.79 Å². The van der Waals surface area contributed by atoms with E-state index in [1.54, 1.807) is 0 Å². The molecule has 0 bridgehead atoms. The summed E-state index contributed by atoms with van der Waals surface area (Å²) in [6.07, 6.45) is 2.26. The van der Waals surface area contributed by atoms with E-state index in [2.05, 4.69) is 0 Å². The highest BCUT2D eigenvalue weighted by Crippen LogP contribution is 2.30. The van der Waals surface area contributed by atoms with Crippen molar-refractivity contribution in [2.24, 2.45) is 11.7 Å². The van der Waals surface area contributed by atoms with E-state index in [1.165, 1.54) is 12.1 Å². The largest absolute Gasteiger partial charge is 0.490 e. The zero-order valence-corrected chi connectivity index (χ0v) is 9.23. The third-order valence-electron chi connectivity index (χ3n) is 2.75. The van der Waals surface area contributed by atoms with Crippen molar-refractivity contribution in [3.05, 3.63) is 29.6 Å². The summed E-state index contributed by atoms with van der Waals surface area (Å²) in [5.41, 5.74) is 5.61. The monoisotopic (exact) mass is 239 g/mol. The number of hydrogen-bond acceptors (Lipinski definition) is 3. The number of carboxylic acids is 1. The maximum Gasteiger partial charge on any atom is 0.325 e. The van der Waals surface area contributed by atoms with Gasteiger partial charge in [-0.25, -0.2) is 4.39 Å². The van der Waals surface area contributed by atoms with Gasteiger partial charge in [0.25, 0.3) is 0 Å². The molecule has 1 aromatic rings. The minimum atomic E-state index is -1.21. The number of rotatable bonds is 5. The fourth-order valence-corrected chi connectivity index (χ4v) is 1.46. The molecule has 1 atom stereocenters. The second kappa shape index (κ2) is 4.71. The molecule has 1 aliphatic carbocycles. The Morgan fingerprint density at radius 2 is 2.29 bits per heavy atom. The van der Waals surface area contributed by atoms with Gasteiger partial charge in [-0.1, -0.05) is 6.07 Å². The van der Waals surface area contributed by atoms with Crippen LogP contribution in [0.25, 0.3) is 0 Å². The second-order valence-corrected chi connectivity index (χ2v) is 4.26. The van der Waals surface area contributed by atoms with Crippen LogP contribution in [-0.4, -0.2) is 17.7 Å². The minimum Gasteiger partial charge on any atom is -0.490 e. The number of ether oxygens (including phenoxy) is 1. The van der Waals surface area contributed by atoms with Gasteiger partial charge in [-0.15, -0.1) is 0 Å². The predicted octanol–water partition coefficient (Wildman–Crippen LogP) is 1.70. The van der Waals surface area contributed by atoms with Crippen molar-refractivity contribution in [1.82, 2.24) is 0 Å². The Bertz CT molecular complexity index is 432. The number of carbonyl (C=O) groups is 1. The van der Waals surface area contributed by atoms with Crippen LogP contribution in [0.3, 0.4) is 0 Å². The summed E-state index contributed by atoms with van der Waals surface area (Å²) in [5.74, 6) is -1.07. The highest BCUT2D eigenvalue weighted by atomic mass is 19.1. The normalized spacial score (nSPS) is 16.6. The first-order valence-corrected chi connectivity index (χ1v) is 5.48. The quantitative estimate of drug-likeness (QED) is 0.820. The lowest BCUT2D eigenvalue weighted by atomic mass is 10.1. The summed E-state index contributed by atoms with van der Waals surface area (Å²) in [6, 6.07) is 2.81. The van der Waals surface area contributed by atoms with E-state index in [4.69, 9.17) is 15.6 Å². The number of halogens is 1. The molecule has 2 rings (SSSR count). The average molecular weight is 239 g/mol. The number of hydrogen-bond donors (Lipinski definition) is 2. The molecule has 0 saturated heterocycles. The Morgan fingerprint density at radius 3 is 2.82 bits per heavy atom. The average Bonchev–Trinajstić information content (AvgIpc) is 3.10. The van der Waals surface area contributed by atoms with Gasteiger partial charge in [0.2, 0.25) is 0 Å². The Hall–Kier alpha value is -1.62. The van der Waals surface area contributed by atoms with Crippen LogP contribution in [0.2, 0.25) is 0 Å². The molecule has 4 nitrogen and oxygen atoms in total. The van der Waals surface area contributed by atoms with E-state index in [-0.39, 0.29) is 11.3 Å². The molecule has 1 fully saturated rings. The lowest BCUT2D eigenvalue weighted by Crippen LogP contribution is -2.20. The molecule has 0 heterocycles. The van der Waals surface area contributed by atoms with Crippen molar-refractivity contribution >= 4 is 5.97 Å². The zero-order chi connectivity index (χ0) is 12.4. The van der Waals surface area contributed by atoms with Crippen LogP contribution in [0, 0.1) is 11.7 Å². The van der Waals surface area contributed by atoms with E-state index in [0.717, 1.165) is 18.9 Å². The van der Waals surface area contributed by atoms with E-state index in [9.17, 15) is 9.18 Å². The SMILES string of the molecule is NC(C(=O)O)c1ccc(OCC2CC2)c(F)c1. The summed E-state index contributed by atoms with van der Waals surface area (Å²) in [4.78, 5) is 10.6. The van der Waals surface area contributed by atoms with Gasteiger partial charge in [-0.2, -0.15) is 0 Å². The summed E-state index contributed by atoms with van der Waals surface area (Å²) in [5, 5.41) is 8.70. The molecule has 1 saturated carbocycles. The third kappa shape index (κ3) is 2.94. The molecule has 1 unspecified atom stereocenters. The van der Waals surface area contributed by atoms with Crippen molar-refractivity contribution < 1.29 is 19.0 Å². The maximum absolute atomic E-state index is 13.6. The van der Waals surface area contributed by atoms with Gasteiger partial charge in [0, 0.05) is 0 Å². The van der Waals surface area contributed by atoms with Gasteiger partial charge in [0.15, 0.2) is 11.6 Å². The van der Waals surface area contributed by atoms with Crippen LogP contribution in [-0.2, 0) is 4.79 Å². The second-order valence-electron chi connectivity index (χ2n) is 4.26. The highest BCUT2D eigenvalue weighted by molar-refractivity contribution is 5.75. The van der Waals surface area contributed by atoms with Gasteiger partial charge < -0.3 is 15.6 Å². The molecule has 1 aromatic carbocycles. The number of benzene rings is 1. The Balaban J connectivity index is 2.07. The van der Waals surface area contributed by atoms with Crippen LogP contribution < -0.4 is 10.5 Å². The highest BCUT2D eigenvalue weighted by Gasteiger charge is 2.23. The third-order valence-corrected chi connectivity index (χ3v) is 2.75. The van der Waals surface area contributed by atoms with Gasteiger partial charge in [0.05, 0.1) is 6.61 Å². The topological polar surface area (TPSA) is 72.6 Å². The number of nitrogens with two attached hydrogens (primary N) is 1. The Kier molecular flexibility index (Phi) is 3.28. The maximum atomic E-state index is 13.6. The van der Waals surface area contributed by atoms with E-state index >= 15 is 0 Å². The molecule has 5 heteroatoms. The molecule has 17 heavy (non-hydrogen) atoms. The minimum absolute atomic E-state index is 0.151. The molecule has 1 aliphatic rings. The van der Waals surface area contributed by atoms with E-state index in [1.807, 2.05) is 0 Å². The number of carboxylic acid groups (broad SMARTS) is 1. The van der Waals surface area contributed by atoms with Crippen molar-refractivity contribution in [3.8, 4) is 5.75 Å². The van der Waals surface area contributed by atoms with Crippen LogP contribution >= 0.6 is 0 Å². The van der Waals surface area contributed by atoms with Crippen LogP contribution in [0.1, 0.15) is 24.4 Å². The zero-order valence-electron chi connectivity index (χ0n) is 9.23. The molecule has 0 radical (unpaired) electrons. The van der Waals surface area contributed by atoms with E-state index < -0.39 is 17.8 Å². The molecule has 92 valence electrons. The van der Waals surface area contributed by atoms with Crippen LogP contribution in [0.15, 0.2) is 18.2 Å². The fourth-order valence-electron chi connectivity index (χ4n) is 1.46. The summed E-state index contributed by atoms with van der Waals surface area (Å²) in [7, 11) is 0. The van der Waals surface area contributed by atoms with Crippen LogP contribution in [0.5, 0.6) is 5.75 Å². The van der Waals surface area contributed by atoms with Crippen LogP contribution in [0.4, 0.5) is 4.39 Å². The van der Waals surface area contributed by atoms with E-state index in [0.29, 0.717) is 12.5 Å². The van der Waals surface area contributed by atoms with Crippen molar-refractivity contribution in [2.45, 2.75) is 18.9 Å².